The summed E-state index contributed by atoms with van der Waals surface area (Å²) in [6, 6.07) is 0. The highest BCUT2D eigenvalue weighted by Gasteiger charge is 2.14. The lowest BCUT2D eigenvalue weighted by Crippen LogP contribution is -2.15. The molecule has 0 unspecified atom stereocenters. The number of carboxylic acid groups (broad SMARTS) is 2. The first-order chi connectivity index (χ1) is 5.93. The molecule has 0 aromatic heterocycles. The molecule has 0 heterocycles. The number of carbonyl (C=O) groups is 4. The summed E-state index contributed by atoms with van der Waals surface area (Å²) in [6.45, 7) is 0. The quantitative estimate of drug-likeness (QED) is 0.332. The van der Waals surface area contributed by atoms with Crippen molar-refractivity contribution in [3.63, 3.8) is 0 Å². The van der Waals surface area contributed by atoms with Crippen molar-refractivity contribution in [2.75, 3.05) is 0 Å². The Kier molecular flexibility index (Phi) is 4.08. The van der Waals surface area contributed by atoms with Gasteiger partial charge in [-0.25, -0.2) is 9.59 Å². The van der Waals surface area contributed by atoms with Gasteiger partial charge in [-0.2, -0.15) is 0 Å². The summed E-state index contributed by atoms with van der Waals surface area (Å²) < 4.78 is 0. The minimum Gasteiger partial charge on any atom is -0.478 e. The predicted molar refractivity (Wildman–Crippen MR) is 39.0 cm³/mol. The van der Waals surface area contributed by atoms with Crippen LogP contribution >= 0.6 is 0 Å². The first-order valence-electron chi connectivity index (χ1n) is 3.13. The van der Waals surface area contributed by atoms with E-state index in [4.69, 9.17) is 10.2 Å². The molecule has 0 spiro atoms. The molecule has 0 radical (unpaired) electrons. The number of carbonyl (C=O) groups excluding carboxylic acids is 2. The lowest BCUT2D eigenvalue weighted by Gasteiger charge is -1.88. The van der Waals surface area contributed by atoms with Crippen LogP contribution in [0.3, 0.4) is 0 Å². The van der Waals surface area contributed by atoms with Crippen LogP contribution in [0.2, 0.25) is 0 Å². The van der Waals surface area contributed by atoms with Gasteiger partial charge in [-0.3, -0.25) is 9.59 Å². The second kappa shape index (κ2) is 4.81. The minimum absolute atomic E-state index is 0.539. The second-order valence-electron chi connectivity index (χ2n) is 2.04. The molecule has 0 rings (SSSR count). The van der Waals surface area contributed by atoms with Crippen molar-refractivity contribution < 1.29 is 29.4 Å². The van der Waals surface area contributed by atoms with Crippen molar-refractivity contribution in [3.8, 4) is 0 Å². The van der Waals surface area contributed by atoms with Gasteiger partial charge in [-0.15, -0.1) is 0 Å². The first kappa shape index (κ1) is 11.0. The summed E-state index contributed by atoms with van der Waals surface area (Å²) in [4.78, 5) is 40.8. The number of allylic oxidation sites excluding steroid dienone is 1. The predicted octanol–water partition coefficient (Wildman–Crippen LogP) is -0.760. The second-order valence-corrected chi connectivity index (χ2v) is 2.04. The molecular formula is C7H6O6. The fourth-order valence-corrected chi connectivity index (χ4v) is 0.457. The zero-order chi connectivity index (χ0) is 10.4. The standard InChI is InChI=1S/C7H6O6/c8-4(1-2-6(10)11)3-5(9)7(12)13/h1-2H,3H2,(H,10,11)(H,12,13)/b2-1-. The van der Waals surface area contributed by atoms with Crippen LogP contribution in [-0.2, 0) is 19.2 Å². The monoisotopic (exact) mass is 186 g/mol. The molecule has 0 bridgehead atoms. The van der Waals surface area contributed by atoms with E-state index in [9.17, 15) is 19.2 Å². The maximum atomic E-state index is 10.6. The third-order valence-corrected chi connectivity index (χ3v) is 0.985. The van der Waals surface area contributed by atoms with E-state index >= 15 is 0 Å². The number of ketones is 2. The first-order valence-corrected chi connectivity index (χ1v) is 3.13. The summed E-state index contributed by atoms with van der Waals surface area (Å²) >= 11 is 0. The molecule has 0 aliphatic heterocycles. The normalized spacial score (nSPS) is 9.85. The Morgan fingerprint density at radius 1 is 1.00 bits per heavy atom. The van der Waals surface area contributed by atoms with Crippen LogP contribution in [0, 0.1) is 0 Å². The fraction of sp³-hybridized carbons (Fsp3) is 0.143. The topological polar surface area (TPSA) is 109 Å². The van der Waals surface area contributed by atoms with Crippen molar-refractivity contribution in [2.24, 2.45) is 0 Å². The molecule has 2 N–H and O–H groups in total. The van der Waals surface area contributed by atoms with Crippen LogP contribution in [0.25, 0.3) is 0 Å². The summed E-state index contributed by atoms with van der Waals surface area (Å²) in [5.74, 6) is -5.16. The number of aliphatic carboxylic acids is 2. The lowest BCUT2D eigenvalue weighted by molar-refractivity contribution is -0.149. The molecule has 70 valence electrons. The van der Waals surface area contributed by atoms with E-state index in [1.54, 1.807) is 0 Å². The Balaban J connectivity index is 4.10. The van der Waals surface area contributed by atoms with Gasteiger partial charge in [0, 0.05) is 6.08 Å². The van der Waals surface area contributed by atoms with E-state index in [-0.39, 0.29) is 0 Å². The van der Waals surface area contributed by atoms with E-state index in [1.807, 2.05) is 0 Å². The Bertz CT molecular complexity index is 287. The highest BCUT2D eigenvalue weighted by Crippen LogP contribution is 1.88. The molecule has 0 fully saturated rings. The van der Waals surface area contributed by atoms with E-state index in [0.717, 1.165) is 0 Å². The lowest BCUT2D eigenvalue weighted by atomic mass is 10.2. The molecule has 0 saturated carbocycles. The summed E-state index contributed by atoms with van der Waals surface area (Å²) in [5.41, 5.74) is 0. The molecule has 0 saturated heterocycles. The Hall–Kier alpha value is -1.98. The van der Waals surface area contributed by atoms with Gasteiger partial charge in [0.25, 0.3) is 0 Å². The Labute approximate surface area is 72.5 Å². The van der Waals surface area contributed by atoms with Gasteiger partial charge in [0.2, 0.25) is 5.78 Å². The summed E-state index contributed by atoms with van der Waals surface area (Å²) in [6.07, 6.45) is 0.361. The minimum atomic E-state index is -1.71. The van der Waals surface area contributed by atoms with Crippen LogP contribution < -0.4 is 0 Å². The molecule has 6 heteroatoms. The molecule has 0 amide bonds. The molecule has 13 heavy (non-hydrogen) atoms. The molecule has 0 aromatic rings. The van der Waals surface area contributed by atoms with E-state index < -0.39 is 29.9 Å². The number of hydrogen-bond donors (Lipinski definition) is 2. The Morgan fingerprint density at radius 2 is 1.54 bits per heavy atom. The van der Waals surface area contributed by atoms with Crippen molar-refractivity contribution in [1.29, 1.82) is 0 Å². The maximum absolute atomic E-state index is 10.6. The van der Waals surface area contributed by atoms with Crippen molar-refractivity contribution in [1.82, 2.24) is 0 Å². The summed E-state index contributed by atoms with van der Waals surface area (Å²) in [7, 11) is 0. The van der Waals surface area contributed by atoms with Gasteiger partial charge in [-0.1, -0.05) is 0 Å². The number of hydrogen-bond acceptors (Lipinski definition) is 4. The molecule has 0 aliphatic carbocycles. The van der Waals surface area contributed by atoms with Gasteiger partial charge in [-0.05, 0) is 6.08 Å². The largest absolute Gasteiger partial charge is 0.478 e. The molecular weight excluding hydrogens is 180 g/mol. The molecule has 6 nitrogen and oxygen atoms in total. The Morgan fingerprint density at radius 3 is 1.92 bits per heavy atom. The van der Waals surface area contributed by atoms with Gasteiger partial charge < -0.3 is 10.2 Å². The molecule has 0 aliphatic rings. The summed E-state index contributed by atoms with van der Waals surface area (Å²) in [5, 5.41) is 16.1. The highest BCUT2D eigenvalue weighted by atomic mass is 16.4. The number of carboxylic acids is 2. The van der Waals surface area contributed by atoms with Crippen LogP contribution in [0.5, 0.6) is 0 Å². The van der Waals surface area contributed by atoms with E-state index in [2.05, 4.69) is 0 Å². The third-order valence-electron chi connectivity index (χ3n) is 0.985. The van der Waals surface area contributed by atoms with Crippen LogP contribution in [0.1, 0.15) is 6.42 Å². The highest BCUT2D eigenvalue weighted by molar-refractivity contribution is 6.37. The zero-order valence-electron chi connectivity index (χ0n) is 6.39. The number of Topliss-reactive ketones (excluding diaryl/α,β-unsaturated/α-hetero) is 1. The van der Waals surface area contributed by atoms with E-state index in [0.29, 0.717) is 12.2 Å². The van der Waals surface area contributed by atoms with Crippen molar-refractivity contribution in [3.05, 3.63) is 12.2 Å². The number of rotatable bonds is 5. The fourth-order valence-electron chi connectivity index (χ4n) is 0.457. The van der Waals surface area contributed by atoms with Gasteiger partial charge in [0.15, 0.2) is 5.78 Å². The van der Waals surface area contributed by atoms with Gasteiger partial charge >= 0.3 is 11.9 Å². The molecule has 0 atom stereocenters. The van der Waals surface area contributed by atoms with Crippen molar-refractivity contribution >= 4 is 23.5 Å². The van der Waals surface area contributed by atoms with Gasteiger partial charge in [0.1, 0.15) is 0 Å². The average molecular weight is 186 g/mol. The van der Waals surface area contributed by atoms with Gasteiger partial charge in [0.05, 0.1) is 6.42 Å². The SMILES string of the molecule is O=C(O)/C=C\C(=O)CC(=O)C(=O)O. The van der Waals surface area contributed by atoms with Crippen LogP contribution in [-0.4, -0.2) is 33.7 Å². The third kappa shape index (κ3) is 5.31. The van der Waals surface area contributed by atoms with Crippen LogP contribution in [0.15, 0.2) is 12.2 Å². The maximum Gasteiger partial charge on any atom is 0.372 e. The van der Waals surface area contributed by atoms with Crippen LogP contribution in [0.4, 0.5) is 0 Å². The smallest absolute Gasteiger partial charge is 0.372 e. The van der Waals surface area contributed by atoms with E-state index in [1.165, 1.54) is 0 Å². The zero-order valence-corrected chi connectivity index (χ0v) is 6.39. The molecule has 0 aromatic carbocycles. The average Bonchev–Trinajstić information content (AvgIpc) is 2.00. The van der Waals surface area contributed by atoms with Crippen molar-refractivity contribution in [2.45, 2.75) is 6.42 Å².